The van der Waals surface area contributed by atoms with Gasteiger partial charge in [-0.1, -0.05) is 29.3 Å². The minimum Gasteiger partial charge on any atom is -0.481 e. The number of nitrogens with one attached hydrogen (secondary N) is 1. The minimum absolute atomic E-state index is 0.126. The average molecular weight is 315 g/mol. The first-order valence-electron chi connectivity index (χ1n) is 8.53. The number of hydrogen-bond donors (Lipinski definition) is 2. The van der Waals surface area contributed by atoms with Gasteiger partial charge in [0.05, 0.1) is 11.3 Å². The Hall–Kier alpha value is -1.84. The van der Waals surface area contributed by atoms with E-state index in [1.54, 1.807) is 0 Å². The SMILES string of the molecule is Cc1cc(C)cc(C2(C(=O)NC3CCC(C(=O)O)CC3)CC2)c1. The third-order valence-electron chi connectivity index (χ3n) is 5.37. The lowest BCUT2D eigenvalue weighted by atomic mass is 9.85. The Morgan fingerprint density at radius 1 is 1.04 bits per heavy atom. The first kappa shape index (κ1) is 16.0. The fraction of sp³-hybridized carbons (Fsp3) is 0.579. The second-order valence-electron chi connectivity index (χ2n) is 7.32. The second kappa shape index (κ2) is 5.99. The second-order valence-corrected chi connectivity index (χ2v) is 7.32. The normalized spacial score (nSPS) is 25.7. The molecule has 0 unspecified atom stereocenters. The first-order valence-corrected chi connectivity index (χ1v) is 8.53. The Kier molecular flexibility index (Phi) is 4.17. The van der Waals surface area contributed by atoms with Crippen LogP contribution in [0, 0.1) is 19.8 Å². The quantitative estimate of drug-likeness (QED) is 0.897. The summed E-state index contributed by atoms with van der Waals surface area (Å²) in [4.78, 5) is 23.8. The van der Waals surface area contributed by atoms with Crippen LogP contribution in [0.1, 0.15) is 55.2 Å². The molecule has 0 heterocycles. The first-order chi connectivity index (χ1) is 10.9. The summed E-state index contributed by atoms with van der Waals surface area (Å²) in [5, 5.41) is 12.2. The molecule has 0 aromatic heterocycles. The summed E-state index contributed by atoms with van der Waals surface area (Å²) in [7, 11) is 0. The van der Waals surface area contributed by atoms with Gasteiger partial charge in [-0.2, -0.15) is 0 Å². The lowest BCUT2D eigenvalue weighted by Gasteiger charge is -2.28. The van der Waals surface area contributed by atoms with Gasteiger partial charge in [-0.05, 0) is 57.9 Å². The van der Waals surface area contributed by atoms with Crippen LogP contribution in [0.15, 0.2) is 18.2 Å². The van der Waals surface area contributed by atoms with E-state index in [1.165, 1.54) is 11.1 Å². The molecule has 2 N–H and O–H groups in total. The highest BCUT2D eigenvalue weighted by atomic mass is 16.4. The van der Waals surface area contributed by atoms with Crippen molar-refractivity contribution in [1.29, 1.82) is 0 Å². The molecule has 0 aliphatic heterocycles. The number of amides is 1. The summed E-state index contributed by atoms with van der Waals surface area (Å²) in [5.41, 5.74) is 3.18. The van der Waals surface area contributed by atoms with E-state index in [0.717, 1.165) is 31.2 Å². The molecular formula is C19H25NO3. The van der Waals surface area contributed by atoms with Crippen LogP contribution < -0.4 is 5.32 Å². The lowest BCUT2D eigenvalue weighted by Crippen LogP contribution is -2.43. The van der Waals surface area contributed by atoms with E-state index < -0.39 is 5.97 Å². The number of aliphatic carboxylic acids is 1. The Morgan fingerprint density at radius 3 is 2.09 bits per heavy atom. The van der Waals surface area contributed by atoms with Crippen LogP contribution in [0.25, 0.3) is 0 Å². The molecule has 0 atom stereocenters. The van der Waals surface area contributed by atoms with Gasteiger partial charge < -0.3 is 10.4 Å². The van der Waals surface area contributed by atoms with Crippen LogP contribution >= 0.6 is 0 Å². The van der Waals surface area contributed by atoms with E-state index in [1.807, 2.05) is 0 Å². The third-order valence-corrected chi connectivity index (χ3v) is 5.37. The van der Waals surface area contributed by atoms with Crippen LogP contribution in [0.2, 0.25) is 0 Å². The standard InChI is InChI=1S/C19H25NO3/c1-12-9-13(2)11-15(10-12)19(7-8-19)18(23)20-16-5-3-14(4-6-16)17(21)22/h9-11,14,16H,3-8H2,1-2H3,(H,20,23)(H,21,22). The van der Waals surface area contributed by atoms with Gasteiger partial charge in [0.1, 0.15) is 0 Å². The number of hydrogen-bond acceptors (Lipinski definition) is 2. The van der Waals surface area contributed by atoms with Crippen molar-refractivity contribution in [2.24, 2.45) is 5.92 Å². The van der Waals surface area contributed by atoms with Crippen molar-refractivity contribution in [1.82, 2.24) is 5.32 Å². The molecule has 4 heteroatoms. The van der Waals surface area contributed by atoms with E-state index in [9.17, 15) is 9.59 Å². The Bertz CT molecular complexity index is 605. The summed E-state index contributed by atoms with van der Waals surface area (Å²) < 4.78 is 0. The fourth-order valence-corrected chi connectivity index (χ4v) is 3.83. The molecule has 1 aromatic rings. The average Bonchev–Trinajstić information content (AvgIpc) is 3.28. The number of benzene rings is 1. The third kappa shape index (κ3) is 3.26. The van der Waals surface area contributed by atoms with E-state index in [0.29, 0.717) is 12.8 Å². The lowest BCUT2D eigenvalue weighted by molar-refractivity contribution is -0.142. The molecule has 0 bridgehead atoms. The van der Waals surface area contributed by atoms with E-state index in [4.69, 9.17) is 5.11 Å². The van der Waals surface area contributed by atoms with Crippen LogP contribution in [0.4, 0.5) is 0 Å². The number of carbonyl (C=O) groups is 2. The molecule has 2 aliphatic carbocycles. The molecule has 2 aliphatic rings. The fourth-order valence-electron chi connectivity index (χ4n) is 3.83. The van der Waals surface area contributed by atoms with E-state index in [-0.39, 0.29) is 23.3 Å². The molecule has 1 aromatic carbocycles. The molecule has 4 nitrogen and oxygen atoms in total. The molecule has 2 saturated carbocycles. The number of carboxylic acid groups (broad SMARTS) is 1. The monoisotopic (exact) mass is 315 g/mol. The number of carbonyl (C=O) groups excluding carboxylic acids is 1. The molecule has 23 heavy (non-hydrogen) atoms. The molecular weight excluding hydrogens is 290 g/mol. The topological polar surface area (TPSA) is 66.4 Å². The zero-order valence-corrected chi connectivity index (χ0v) is 13.9. The van der Waals surface area contributed by atoms with Gasteiger partial charge >= 0.3 is 5.97 Å². The molecule has 0 spiro atoms. The Labute approximate surface area is 137 Å². The highest BCUT2D eigenvalue weighted by Gasteiger charge is 2.51. The maximum Gasteiger partial charge on any atom is 0.306 e. The zero-order valence-electron chi connectivity index (χ0n) is 13.9. The predicted octanol–water partition coefficient (Wildman–Crippen LogP) is 3.09. The maximum atomic E-state index is 12.8. The van der Waals surface area contributed by atoms with Crippen LogP contribution in [-0.2, 0) is 15.0 Å². The summed E-state index contributed by atoms with van der Waals surface area (Å²) in [6, 6.07) is 6.51. The van der Waals surface area contributed by atoms with Crippen LogP contribution in [-0.4, -0.2) is 23.0 Å². The van der Waals surface area contributed by atoms with Gasteiger partial charge in [0.25, 0.3) is 0 Å². The zero-order chi connectivity index (χ0) is 16.6. The minimum atomic E-state index is -0.705. The summed E-state index contributed by atoms with van der Waals surface area (Å²) in [6.07, 6.45) is 4.68. The largest absolute Gasteiger partial charge is 0.481 e. The summed E-state index contributed by atoms with van der Waals surface area (Å²) in [6.45, 7) is 4.13. The van der Waals surface area contributed by atoms with Crippen molar-refractivity contribution in [3.63, 3.8) is 0 Å². The Balaban J connectivity index is 1.65. The van der Waals surface area contributed by atoms with Crippen molar-refractivity contribution in [3.8, 4) is 0 Å². The molecule has 0 radical (unpaired) electrons. The number of aryl methyl sites for hydroxylation is 2. The summed E-state index contributed by atoms with van der Waals surface area (Å²) >= 11 is 0. The van der Waals surface area contributed by atoms with Gasteiger partial charge in [0.2, 0.25) is 5.91 Å². The van der Waals surface area contributed by atoms with E-state index >= 15 is 0 Å². The summed E-state index contributed by atoms with van der Waals surface area (Å²) in [5.74, 6) is -0.817. The van der Waals surface area contributed by atoms with Crippen molar-refractivity contribution in [2.45, 2.75) is 63.8 Å². The molecule has 3 rings (SSSR count). The van der Waals surface area contributed by atoms with Crippen LogP contribution in [0.5, 0.6) is 0 Å². The van der Waals surface area contributed by atoms with Crippen molar-refractivity contribution in [2.75, 3.05) is 0 Å². The van der Waals surface area contributed by atoms with Crippen molar-refractivity contribution in [3.05, 3.63) is 34.9 Å². The maximum absolute atomic E-state index is 12.8. The molecule has 0 saturated heterocycles. The highest BCUT2D eigenvalue weighted by Crippen LogP contribution is 2.49. The van der Waals surface area contributed by atoms with Crippen LogP contribution in [0.3, 0.4) is 0 Å². The number of carboxylic acids is 1. The van der Waals surface area contributed by atoms with Gasteiger partial charge in [0, 0.05) is 6.04 Å². The highest BCUT2D eigenvalue weighted by molar-refractivity contribution is 5.91. The van der Waals surface area contributed by atoms with Crippen molar-refractivity contribution < 1.29 is 14.7 Å². The molecule has 1 amide bonds. The smallest absolute Gasteiger partial charge is 0.306 e. The van der Waals surface area contributed by atoms with Gasteiger partial charge in [-0.3, -0.25) is 9.59 Å². The molecule has 2 fully saturated rings. The van der Waals surface area contributed by atoms with Crippen molar-refractivity contribution >= 4 is 11.9 Å². The molecule has 124 valence electrons. The van der Waals surface area contributed by atoms with Gasteiger partial charge in [-0.15, -0.1) is 0 Å². The Morgan fingerprint density at radius 2 is 1.61 bits per heavy atom. The number of rotatable bonds is 4. The van der Waals surface area contributed by atoms with Gasteiger partial charge in [0.15, 0.2) is 0 Å². The predicted molar refractivity (Wildman–Crippen MR) is 88.4 cm³/mol. The van der Waals surface area contributed by atoms with Gasteiger partial charge in [-0.25, -0.2) is 0 Å². The van der Waals surface area contributed by atoms with E-state index in [2.05, 4.69) is 37.4 Å².